The molecule has 0 radical (unpaired) electrons. The van der Waals surface area contributed by atoms with Crippen molar-refractivity contribution in [3.63, 3.8) is 0 Å². The van der Waals surface area contributed by atoms with Crippen LogP contribution in [0, 0.1) is 0 Å². The van der Waals surface area contributed by atoms with Crippen molar-refractivity contribution in [2.45, 2.75) is 18.9 Å². The molecule has 1 atom stereocenters. The number of carbonyl (C=O) groups is 2. The van der Waals surface area contributed by atoms with Crippen molar-refractivity contribution in [2.75, 3.05) is 32.8 Å². The van der Waals surface area contributed by atoms with Crippen LogP contribution in [-0.2, 0) is 14.3 Å². The van der Waals surface area contributed by atoms with Crippen molar-refractivity contribution in [3.05, 3.63) is 0 Å². The Morgan fingerprint density at radius 2 is 2.19 bits per heavy atom. The molecular weight excluding hydrogens is 212 g/mol. The molecule has 0 aliphatic carbocycles. The van der Waals surface area contributed by atoms with Crippen LogP contribution in [0.5, 0.6) is 0 Å². The van der Waals surface area contributed by atoms with Gasteiger partial charge in [0, 0.05) is 13.1 Å². The van der Waals surface area contributed by atoms with Gasteiger partial charge in [-0.15, -0.1) is 0 Å². The summed E-state index contributed by atoms with van der Waals surface area (Å²) in [4.78, 5) is 23.1. The van der Waals surface area contributed by atoms with Gasteiger partial charge in [0.15, 0.2) is 0 Å². The topological polar surface area (TPSA) is 78.9 Å². The fraction of sp³-hybridized carbons (Fsp3) is 0.800. The zero-order chi connectivity index (χ0) is 11.8. The summed E-state index contributed by atoms with van der Waals surface area (Å²) in [6.07, 6.45) is 1.66. The molecule has 0 bridgehead atoms. The molecule has 1 saturated heterocycles. The summed E-state index contributed by atoms with van der Waals surface area (Å²) in [6, 6.07) is -0.765. The second-order valence-corrected chi connectivity index (χ2v) is 3.77. The van der Waals surface area contributed by atoms with Crippen molar-refractivity contribution < 1.29 is 19.4 Å². The quantitative estimate of drug-likeness (QED) is 0.565. The van der Waals surface area contributed by atoms with E-state index < -0.39 is 12.0 Å². The molecule has 1 fully saturated rings. The molecule has 0 aromatic heterocycles. The maximum absolute atomic E-state index is 10.7. The van der Waals surface area contributed by atoms with Crippen LogP contribution >= 0.6 is 0 Å². The third-order valence-corrected chi connectivity index (χ3v) is 2.64. The van der Waals surface area contributed by atoms with E-state index in [-0.39, 0.29) is 0 Å². The molecule has 1 amide bonds. The smallest absolute Gasteiger partial charge is 0.326 e. The van der Waals surface area contributed by atoms with Gasteiger partial charge in [0.1, 0.15) is 6.04 Å². The Kier molecular flexibility index (Phi) is 5.81. The highest BCUT2D eigenvalue weighted by molar-refractivity contribution is 5.76. The highest BCUT2D eigenvalue weighted by atomic mass is 16.5. The van der Waals surface area contributed by atoms with Gasteiger partial charge in [-0.1, -0.05) is 0 Å². The molecule has 1 heterocycles. The number of ether oxygens (including phenoxy) is 1. The summed E-state index contributed by atoms with van der Waals surface area (Å²) in [5.41, 5.74) is 0. The molecule has 0 saturated carbocycles. The Balaban J connectivity index is 2.16. The lowest BCUT2D eigenvalue weighted by molar-refractivity contribution is -0.140. The molecule has 6 nitrogen and oxygen atoms in total. The van der Waals surface area contributed by atoms with Crippen molar-refractivity contribution in [3.8, 4) is 0 Å². The molecule has 92 valence electrons. The summed E-state index contributed by atoms with van der Waals surface area (Å²) in [7, 11) is 0. The number of aliphatic carboxylic acids is 1. The fourth-order valence-electron chi connectivity index (χ4n) is 1.70. The maximum atomic E-state index is 10.7. The highest BCUT2D eigenvalue weighted by Gasteiger charge is 2.16. The first kappa shape index (κ1) is 12.9. The second-order valence-electron chi connectivity index (χ2n) is 3.77. The largest absolute Gasteiger partial charge is 0.480 e. The van der Waals surface area contributed by atoms with Crippen LogP contribution in [0.4, 0.5) is 0 Å². The van der Waals surface area contributed by atoms with Crippen molar-refractivity contribution in [1.82, 2.24) is 10.2 Å². The van der Waals surface area contributed by atoms with E-state index in [0.29, 0.717) is 12.8 Å². The summed E-state index contributed by atoms with van der Waals surface area (Å²) in [5, 5.41) is 11.1. The average Bonchev–Trinajstić information content (AvgIpc) is 2.29. The summed E-state index contributed by atoms with van der Waals surface area (Å²) in [5.74, 6) is -0.978. The Morgan fingerprint density at radius 3 is 2.75 bits per heavy atom. The first-order chi connectivity index (χ1) is 7.74. The maximum Gasteiger partial charge on any atom is 0.326 e. The summed E-state index contributed by atoms with van der Waals surface area (Å²) in [6.45, 7) is 4.15. The van der Waals surface area contributed by atoms with Crippen LogP contribution in [0.2, 0.25) is 0 Å². The normalized spacial score (nSPS) is 19.0. The number of amides is 1. The predicted molar refractivity (Wildman–Crippen MR) is 57.1 cm³/mol. The van der Waals surface area contributed by atoms with Gasteiger partial charge in [0.25, 0.3) is 0 Å². The Bertz CT molecular complexity index is 229. The number of carbonyl (C=O) groups excluding carboxylic acids is 1. The van der Waals surface area contributed by atoms with E-state index in [1.165, 1.54) is 0 Å². The van der Waals surface area contributed by atoms with Gasteiger partial charge in [0.05, 0.1) is 13.2 Å². The summed E-state index contributed by atoms with van der Waals surface area (Å²) >= 11 is 0. The summed E-state index contributed by atoms with van der Waals surface area (Å²) < 4.78 is 5.21. The number of nitrogens with zero attached hydrogens (tertiary/aromatic N) is 1. The number of hydrogen-bond donors (Lipinski definition) is 2. The van der Waals surface area contributed by atoms with Crippen molar-refractivity contribution >= 4 is 12.4 Å². The van der Waals surface area contributed by atoms with Crippen molar-refractivity contribution in [2.24, 2.45) is 0 Å². The van der Waals surface area contributed by atoms with Gasteiger partial charge in [-0.2, -0.15) is 0 Å². The highest BCUT2D eigenvalue weighted by Crippen LogP contribution is 2.02. The van der Waals surface area contributed by atoms with Gasteiger partial charge in [-0.05, 0) is 19.4 Å². The number of carboxylic acid groups (broad SMARTS) is 1. The van der Waals surface area contributed by atoms with E-state index in [9.17, 15) is 9.59 Å². The molecule has 1 unspecified atom stereocenters. The molecule has 2 N–H and O–H groups in total. The molecule has 1 aliphatic heterocycles. The van der Waals surface area contributed by atoms with E-state index in [0.717, 1.165) is 39.3 Å². The van der Waals surface area contributed by atoms with Crippen molar-refractivity contribution in [1.29, 1.82) is 0 Å². The fourth-order valence-corrected chi connectivity index (χ4v) is 1.70. The van der Waals surface area contributed by atoms with Gasteiger partial charge >= 0.3 is 5.97 Å². The molecule has 0 aromatic carbocycles. The second kappa shape index (κ2) is 7.19. The lowest BCUT2D eigenvalue weighted by Crippen LogP contribution is -2.39. The average molecular weight is 230 g/mol. The molecule has 1 aliphatic rings. The monoisotopic (exact) mass is 230 g/mol. The van der Waals surface area contributed by atoms with E-state index in [2.05, 4.69) is 10.2 Å². The molecule has 0 spiro atoms. The van der Waals surface area contributed by atoms with E-state index in [1.54, 1.807) is 0 Å². The van der Waals surface area contributed by atoms with Crippen LogP contribution in [0.1, 0.15) is 12.8 Å². The standard InChI is InChI=1S/C10H18N2O4/c13-8-11-9(10(14)15)2-1-3-12-4-6-16-7-5-12/h8-9H,1-7H2,(H,11,13)(H,14,15). The van der Waals surface area contributed by atoms with Crippen LogP contribution in [0.25, 0.3) is 0 Å². The third kappa shape index (κ3) is 4.59. The zero-order valence-corrected chi connectivity index (χ0v) is 9.22. The molecule has 16 heavy (non-hydrogen) atoms. The first-order valence-corrected chi connectivity index (χ1v) is 5.46. The van der Waals surface area contributed by atoms with Gasteiger partial charge in [-0.3, -0.25) is 9.69 Å². The van der Waals surface area contributed by atoms with Crippen LogP contribution in [0.15, 0.2) is 0 Å². The third-order valence-electron chi connectivity index (χ3n) is 2.64. The number of morpholine rings is 1. The van der Waals surface area contributed by atoms with Gasteiger partial charge < -0.3 is 15.2 Å². The van der Waals surface area contributed by atoms with Crippen LogP contribution < -0.4 is 5.32 Å². The minimum Gasteiger partial charge on any atom is -0.480 e. The Morgan fingerprint density at radius 1 is 1.50 bits per heavy atom. The van der Waals surface area contributed by atoms with E-state index >= 15 is 0 Å². The number of carboxylic acids is 1. The molecule has 6 heteroatoms. The minimum absolute atomic E-state index is 0.438. The number of rotatable bonds is 7. The van der Waals surface area contributed by atoms with Gasteiger partial charge in [-0.25, -0.2) is 4.79 Å². The van der Waals surface area contributed by atoms with E-state index in [4.69, 9.17) is 9.84 Å². The van der Waals surface area contributed by atoms with E-state index in [1.807, 2.05) is 0 Å². The zero-order valence-electron chi connectivity index (χ0n) is 9.22. The Labute approximate surface area is 94.6 Å². The minimum atomic E-state index is -0.978. The Hall–Kier alpha value is -1.14. The number of hydrogen-bond acceptors (Lipinski definition) is 4. The number of nitrogens with one attached hydrogen (secondary N) is 1. The molecular formula is C10H18N2O4. The van der Waals surface area contributed by atoms with Gasteiger partial charge in [0.2, 0.25) is 6.41 Å². The molecule has 0 aromatic rings. The predicted octanol–water partition coefficient (Wildman–Crippen LogP) is -0.702. The van der Waals surface area contributed by atoms with Crippen LogP contribution in [0.3, 0.4) is 0 Å². The molecule has 1 rings (SSSR count). The lowest BCUT2D eigenvalue weighted by Gasteiger charge is -2.26. The SMILES string of the molecule is O=CNC(CCCN1CCOCC1)C(=O)O. The lowest BCUT2D eigenvalue weighted by atomic mass is 10.1. The van der Waals surface area contributed by atoms with Crippen LogP contribution in [-0.4, -0.2) is 61.3 Å². The first-order valence-electron chi connectivity index (χ1n) is 5.46.